The zero-order chi connectivity index (χ0) is 17.6. The molecule has 134 valence electrons. The number of likely N-dealkylation sites (tertiary alicyclic amines) is 1. The van der Waals surface area contributed by atoms with E-state index in [2.05, 4.69) is 72.3 Å². The third-order valence-electron chi connectivity index (χ3n) is 5.17. The van der Waals surface area contributed by atoms with E-state index in [1.807, 2.05) is 6.07 Å². The Balaban J connectivity index is 1.55. The van der Waals surface area contributed by atoms with E-state index < -0.39 is 0 Å². The molecule has 1 aliphatic heterocycles. The van der Waals surface area contributed by atoms with Gasteiger partial charge in [-0.2, -0.15) is 0 Å². The van der Waals surface area contributed by atoms with Crippen LogP contribution in [-0.4, -0.2) is 47.7 Å². The third-order valence-corrected chi connectivity index (χ3v) is 5.17. The quantitative estimate of drug-likeness (QED) is 0.835. The second-order valence-electron chi connectivity index (χ2n) is 7.35. The van der Waals surface area contributed by atoms with Crippen LogP contribution in [0, 0.1) is 6.92 Å². The van der Waals surface area contributed by atoms with Gasteiger partial charge in [0.05, 0.1) is 6.10 Å². The monoisotopic (exact) mass is 338 g/mol. The maximum Gasteiger partial charge on any atom is 0.0794 e. The molecule has 2 unspecified atom stereocenters. The molecular formula is C22H30N2O. The maximum atomic E-state index is 10.6. The summed E-state index contributed by atoms with van der Waals surface area (Å²) >= 11 is 0. The first-order chi connectivity index (χ1) is 12.1. The van der Waals surface area contributed by atoms with Crippen molar-refractivity contribution in [1.82, 2.24) is 9.80 Å². The normalized spacial score (nSPS) is 19.4. The summed E-state index contributed by atoms with van der Waals surface area (Å²) in [7, 11) is 2.08. The number of nitrogens with zero attached hydrogens (tertiary/aromatic N) is 2. The number of β-amino-alcohol motifs (C(OH)–C–C–N with tert-alkyl or cyclic N) is 1. The largest absolute Gasteiger partial charge is 0.390 e. The molecule has 0 aromatic heterocycles. The van der Waals surface area contributed by atoms with Crippen LogP contribution >= 0.6 is 0 Å². The van der Waals surface area contributed by atoms with E-state index in [4.69, 9.17) is 0 Å². The van der Waals surface area contributed by atoms with Crippen molar-refractivity contribution in [2.45, 2.75) is 38.5 Å². The van der Waals surface area contributed by atoms with Crippen molar-refractivity contribution < 1.29 is 5.11 Å². The molecule has 2 aromatic carbocycles. The molecule has 25 heavy (non-hydrogen) atoms. The molecule has 1 saturated heterocycles. The van der Waals surface area contributed by atoms with E-state index in [0.717, 1.165) is 19.6 Å². The van der Waals surface area contributed by atoms with Crippen LogP contribution in [-0.2, 0) is 6.54 Å². The molecule has 1 aliphatic rings. The van der Waals surface area contributed by atoms with Crippen LogP contribution in [0.15, 0.2) is 54.6 Å². The number of aliphatic hydroxyl groups excluding tert-OH is 1. The third kappa shape index (κ3) is 4.91. The Hall–Kier alpha value is -1.68. The molecule has 1 N–H and O–H groups in total. The molecule has 0 saturated carbocycles. The van der Waals surface area contributed by atoms with Gasteiger partial charge in [-0.3, -0.25) is 9.80 Å². The minimum atomic E-state index is -0.321. The Morgan fingerprint density at radius 3 is 2.60 bits per heavy atom. The first-order valence-corrected chi connectivity index (χ1v) is 9.33. The van der Waals surface area contributed by atoms with Crippen molar-refractivity contribution >= 4 is 0 Å². The van der Waals surface area contributed by atoms with Crippen LogP contribution in [0.4, 0.5) is 0 Å². The van der Waals surface area contributed by atoms with Crippen molar-refractivity contribution in [3.05, 3.63) is 71.3 Å². The lowest BCUT2D eigenvalue weighted by Gasteiger charge is -2.29. The van der Waals surface area contributed by atoms with Gasteiger partial charge in [0, 0.05) is 25.7 Å². The van der Waals surface area contributed by atoms with Gasteiger partial charge in [-0.05, 0) is 50.0 Å². The molecule has 3 rings (SSSR count). The van der Waals surface area contributed by atoms with Crippen LogP contribution < -0.4 is 0 Å². The van der Waals surface area contributed by atoms with Gasteiger partial charge in [0.15, 0.2) is 0 Å². The Kier molecular flexibility index (Phi) is 6.24. The van der Waals surface area contributed by atoms with E-state index in [9.17, 15) is 5.11 Å². The molecule has 1 heterocycles. The Labute approximate surface area is 151 Å². The Morgan fingerprint density at radius 1 is 1.12 bits per heavy atom. The van der Waals surface area contributed by atoms with Crippen LogP contribution in [0.25, 0.3) is 0 Å². The van der Waals surface area contributed by atoms with Crippen molar-refractivity contribution in [2.75, 3.05) is 26.7 Å². The lowest BCUT2D eigenvalue weighted by molar-refractivity contribution is 0.0750. The van der Waals surface area contributed by atoms with Crippen LogP contribution in [0.1, 0.15) is 35.6 Å². The summed E-state index contributed by atoms with van der Waals surface area (Å²) in [6, 6.07) is 19.6. The molecule has 0 aliphatic carbocycles. The summed E-state index contributed by atoms with van der Waals surface area (Å²) < 4.78 is 0. The zero-order valence-corrected chi connectivity index (χ0v) is 15.4. The Morgan fingerprint density at radius 2 is 1.84 bits per heavy atom. The summed E-state index contributed by atoms with van der Waals surface area (Å²) in [6.07, 6.45) is 2.08. The van der Waals surface area contributed by atoms with E-state index in [-0.39, 0.29) is 6.10 Å². The molecule has 0 spiro atoms. The molecule has 3 nitrogen and oxygen atoms in total. The zero-order valence-electron chi connectivity index (χ0n) is 15.4. The van der Waals surface area contributed by atoms with E-state index >= 15 is 0 Å². The minimum absolute atomic E-state index is 0.321. The molecule has 1 fully saturated rings. The Bertz CT molecular complexity index is 658. The van der Waals surface area contributed by atoms with Gasteiger partial charge < -0.3 is 5.11 Å². The van der Waals surface area contributed by atoms with Gasteiger partial charge in [0.1, 0.15) is 0 Å². The van der Waals surface area contributed by atoms with Crippen molar-refractivity contribution in [1.29, 1.82) is 0 Å². The molecule has 2 aromatic rings. The molecule has 2 atom stereocenters. The smallest absolute Gasteiger partial charge is 0.0794 e. The number of aryl methyl sites for hydroxylation is 1. The van der Waals surface area contributed by atoms with Crippen LogP contribution in [0.2, 0.25) is 0 Å². The van der Waals surface area contributed by atoms with Crippen LogP contribution in [0.3, 0.4) is 0 Å². The lowest BCUT2D eigenvalue weighted by Crippen LogP contribution is -2.38. The maximum absolute atomic E-state index is 10.6. The summed E-state index contributed by atoms with van der Waals surface area (Å²) in [5, 5.41) is 10.6. The van der Waals surface area contributed by atoms with E-state index in [1.165, 1.54) is 29.5 Å². The average molecular weight is 338 g/mol. The van der Waals surface area contributed by atoms with E-state index in [1.54, 1.807) is 0 Å². The van der Waals surface area contributed by atoms with Gasteiger partial charge in [0.2, 0.25) is 0 Å². The highest BCUT2D eigenvalue weighted by Gasteiger charge is 2.28. The van der Waals surface area contributed by atoms with Gasteiger partial charge in [0.25, 0.3) is 0 Å². The lowest BCUT2D eigenvalue weighted by atomic mass is 9.99. The number of benzene rings is 2. The SMILES string of the molecule is Cc1ccccc1C1CCCN1CC(O)CN(C)Cc1ccccc1. The predicted octanol–water partition coefficient (Wildman–Crippen LogP) is 3.62. The molecule has 0 amide bonds. The topological polar surface area (TPSA) is 26.7 Å². The predicted molar refractivity (Wildman–Crippen MR) is 104 cm³/mol. The fraction of sp³-hybridized carbons (Fsp3) is 0.455. The number of rotatable bonds is 7. The number of hydrogen-bond donors (Lipinski definition) is 1. The molecular weight excluding hydrogens is 308 g/mol. The van der Waals surface area contributed by atoms with Crippen molar-refractivity contribution in [3.63, 3.8) is 0 Å². The standard InChI is InChI=1S/C22H30N2O/c1-18-9-6-7-12-21(18)22-13-8-14-24(22)17-20(25)16-23(2)15-19-10-4-3-5-11-19/h3-7,9-12,20,22,25H,8,13-17H2,1-2H3. The summed E-state index contributed by atoms with van der Waals surface area (Å²) in [6.45, 7) is 5.59. The van der Waals surface area contributed by atoms with Gasteiger partial charge in [-0.1, -0.05) is 54.6 Å². The average Bonchev–Trinajstić information content (AvgIpc) is 3.03. The first kappa shape index (κ1) is 18.1. The highest BCUT2D eigenvalue weighted by Crippen LogP contribution is 2.33. The van der Waals surface area contributed by atoms with Gasteiger partial charge >= 0.3 is 0 Å². The molecule has 0 bridgehead atoms. The highest BCUT2D eigenvalue weighted by molar-refractivity contribution is 5.29. The van der Waals surface area contributed by atoms with Gasteiger partial charge in [-0.25, -0.2) is 0 Å². The molecule has 3 heteroatoms. The van der Waals surface area contributed by atoms with Gasteiger partial charge in [-0.15, -0.1) is 0 Å². The number of likely N-dealkylation sites (N-methyl/N-ethyl adjacent to an activating group) is 1. The second kappa shape index (κ2) is 8.61. The summed E-state index contributed by atoms with van der Waals surface area (Å²) in [5.41, 5.74) is 4.07. The van der Waals surface area contributed by atoms with Crippen LogP contribution in [0.5, 0.6) is 0 Å². The highest BCUT2D eigenvalue weighted by atomic mass is 16.3. The number of aliphatic hydroxyl groups is 1. The van der Waals surface area contributed by atoms with E-state index in [0.29, 0.717) is 12.6 Å². The number of hydrogen-bond acceptors (Lipinski definition) is 3. The summed E-state index contributed by atoms with van der Waals surface area (Å²) in [5.74, 6) is 0. The summed E-state index contributed by atoms with van der Waals surface area (Å²) in [4.78, 5) is 4.67. The minimum Gasteiger partial charge on any atom is -0.390 e. The second-order valence-corrected chi connectivity index (χ2v) is 7.35. The fourth-order valence-electron chi connectivity index (χ4n) is 4.01. The van der Waals surface area contributed by atoms with Crippen molar-refractivity contribution in [3.8, 4) is 0 Å². The fourth-order valence-corrected chi connectivity index (χ4v) is 4.01. The van der Waals surface area contributed by atoms with Crippen molar-refractivity contribution in [2.24, 2.45) is 0 Å². The first-order valence-electron chi connectivity index (χ1n) is 9.33. The molecule has 0 radical (unpaired) electrons.